The van der Waals surface area contributed by atoms with Crippen molar-refractivity contribution >= 4 is 5.69 Å². The molecular weight excluding hydrogens is 236 g/mol. The van der Waals surface area contributed by atoms with E-state index in [0.717, 1.165) is 25.8 Å². The number of benzene rings is 1. The fourth-order valence-electron chi connectivity index (χ4n) is 3.02. The topological polar surface area (TPSA) is 35.5 Å². The van der Waals surface area contributed by atoms with Crippen molar-refractivity contribution in [2.24, 2.45) is 0 Å². The zero-order chi connectivity index (χ0) is 13.8. The molecule has 0 heterocycles. The number of aryl methyl sites for hydroxylation is 1. The van der Waals surface area contributed by atoms with Gasteiger partial charge < -0.3 is 15.3 Å². The Labute approximate surface area is 116 Å². The monoisotopic (exact) mass is 262 g/mol. The molecule has 1 aromatic rings. The van der Waals surface area contributed by atoms with E-state index < -0.39 is 0 Å². The first-order valence-electron chi connectivity index (χ1n) is 7.28. The van der Waals surface area contributed by atoms with Crippen molar-refractivity contribution in [3.63, 3.8) is 0 Å². The van der Waals surface area contributed by atoms with E-state index in [4.69, 9.17) is 0 Å². The summed E-state index contributed by atoms with van der Waals surface area (Å²) in [5, 5.41) is 13.3. The Bertz CT molecular complexity index is 419. The number of aliphatic hydroxyl groups excluding tert-OH is 1. The normalized spacial score (nSPS) is 23.4. The lowest BCUT2D eigenvalue weighted by atomic mass is 9.91. The lowest BCUT2D eigenvalue weighted by molar-refractivity contribution is 0.106. The van der Waals surface area contributed by atoms with Gasteiger partial charge in [-0.1, -0.05) is 18.9 Å². The fourth-order valence-corrected chi connectivity index (χ4v) is 3.02. The Morgan fingerprint density at radius 3 is 2.68 bits per heavy atom. The number of rotatable bonds is 4. The molecule has 2 rings (SSSR count). The molecule has 0 aromatic heterocycles. The van der Waals surface area contributed by atoms with Gasteiger partial charge in [0.2, 0.25) is 0 Å². The number of anilines is 1. The van der Waals surface area contributed by atoms with E-state index in [1.807, 2.05) is 7.05 Å². The van der Waals surface area contributed by atoms with E-state index in [1.165, 1.54) is 23.2 Å². The van der Waals surface area contributed by atoms with Gasteiger partial charge in [-0.15, -0.1) is 0 Å². The highest BCUT2D eigenvalue weighted by Gasteiger charge is 2.26. The summed E-state index contributed by atoms with van der Waals surface area (Å²) in [4.78, 5) is 2.25. The first kappa shape index (κ1) is 14.4. The van der Waals surface area contributed by atoms with Crippen LogP contribution in [0.15, 0.2) is 18.2 Å². The molecule has 0 aliphatic heterocycles. The minimum atomic E-state index is -0.184. The van der Waals surface area contributed by atoms with Crippen molar-refractivity contribution < 1.29 is 5.11 Å². The fraction of sp³-hybridized carbons (Fsp3) is 0.625. The van der Waals surface area contributed by atoms with Gasteiger partial charge in [0, 0.05) is 19.3 Å². The highest BCUT2D eigenvalue weighted by molar-refractivity contribution is 5.51. The van der Waals surface area contributed by atoms with Gasteiger partial charge in [0.25, 0.3) is 0 Å². The van der Waals surface area contributed by atoms with Crippen LogP contribution >= 0.6 is 0 Å². The Kier molecular flexibility index (Phi) is 4.83. The van der Waals surface area contributed by atoms with Gasteiger partial charge in [-0.3, -0.25) is 0 Å². The summed E-state index contributed by atoms with van der Waals surface area (Å²) in [5.74, 6) is 0. The molecule has 2 unspecified atom stereocenters. The van der Waals surface area contributed by atoms with Crippen LogP contribution in [-0.2, 0) is 6.54 Å². The lowest BCUT2D eigenvalue weighted by Gasteiger charge is -2.37. The number of hydrogen-bond donors (Lipinski definition) is 2. The Balaban J connectivity index is 2.14. The van der Waals surface area contributed by atoms with Crippen molar-refractivity contribution in [1.82, 2.24) is 5.32 Å². The quantitative estimate of drug-likeness (QED) is 0.875. The molecule has 1 aromatic carbocycles. The van der Waals surface area contributed by atoms with Gasteiger partial charge in [0.15, 0.2) is 0 Å². The SMILES string of the molecule is CNCc1ccc(N(C)C2CCCCC2O)cc1C. The molecule has 2 N–H and O–H groups in total. The molecule has 106 valence electrons. The van der Waals surface area contributed by atoms with E-state index in [2.05, 4.69) is 42.4 Å². The van der Waals surface area contributed by atoms with Crippen molar-refractivity contribution in [3.05, 3.63) is 29.3 Å². The molecule has 1 aliphatic carbocycles. The van der Waals surface area contributed by atoms with Crippen LogP contribution in [0.2, 0.25) is 0 Å². The summed E-state index contributed by atoms with van der Waals surface area (Å²) in [6.45, 7) is 3.06. The van der Waals surface area contributed by atoms with Crippen LogP contribution in [0, 0.1) is 6.92 Å². The van der Waals surface area contributed by atoms with Crippen LogP contribution in [0.25, 0.3) is 0 Å². The van der Waals surface area contributed by atoms with E-state index in [1.54, 1.807) is 0 Å². The molecule has 2 atom stereocenters. The summed E-state index contributed by atoms with van der Waals surface area (Å²) < 4.78 is 0. The molecule has 0 radical (unpaired) electrons. The summed E-state index contributed by atoms with van der Waals surface area (Å²) in [5.41, 5.74) is 3.86. The molecule has 3 nitrogen and oxygen atoms in total. The standard InChI is InChI=1S/C16H26N2O/c1-12-10-14(9-8-13(12)11-17-2)18(3)15-6-4-5-7-16(15)19/h8-10,15-17,19H,4-7,11H2,1-3H3. The maximum absolute atomic E-state index is 10.2. The van der Waals surface area contributed by atoms with Crippen molar-refractivity contribution in [1.29, 1.82) is 0 Å². The number of nitrogens with zero attached hydrogens (tertiary/aromatic N) is 1. The van der Waals surface area contributed by atoms with Crippen LogP contribution in [0.5, 0.6) is 0 Å². The van der Waals surface area contributed by atoms with Crippen LogP contribution in [0.3, 0.4) is 0 Å². The average Bonchev–Trinajstić information content (AvgIpc) is 2.41. The third-order valence-electron chi connectivity index (χ3n) is 4.29. The van der Waals surface area contributed by atoms with E-state index in [9.17, 15) is 5.11 Å². The van der Waals surface area contributed by atoms with Gasteiger partial charge in [-0.2, -0.15) is 0 Å². The minimum absolute atomic E-state index is 0.184. The highest BCUT2D eigenvalue weighted by Crippen LogP contribution is 2.27. The maximum Gasteiger partial charge on any atom is 0.0743 e. The Hall–Kier alpha value is -1.06. The van der Waals surface area contributed by atoms with E-state index in [-0.39, 0.29) is 12.1 Å². The zero-order valence-corrected chi connectivity index (χ0v) is 12.3. The second kappa shape index (κ2) is 6.40. The molecule has 0 spiro atoms. The van der Waals surface area contributed by atoms with E-state index >= 15 is 0 Å². The molecule has 0 saturated heterocycles. The second-order valence-corrected chi connectivity index (χ2v) is 5.67. The van der Waals surface area contributed by atoms with Gasteiger partial charge in [0.05, 0.1) is 12.1 Å². The van der Waals surface area contributed by atoms with Crippen LogP contribution in [-0.4, -0.2) is 31.3 Å². The predicted molar refractivity (Wildman–Crippen MR) is 80.6 cm³/mol. The second-order valence-electron chi connectivity index (χ2n) is 5.67. The maximum atomic E-state index is 10.2. The highest BCUT2D eigenvalue weighted by atomic mass is 16.3. The van der Waals surface area contributed by atoms with Gasteiger partial charge in [-0.25, -0.2) is 0 Å². The minimum Gasteiger partial charge on any atom is -0.391 e. The summed E-state index contributed by atoms with van der Waals surface area (Å²) in [6.07, 6.45) is 4.23. The number of aliphatic hydroxyl groups is 1. The number of hydrogen-bond acceptors (Lipinski definition) is 3. The van der Waals surface area contributed by atoms with Gasteiger partial charge in [-0.05, 0) is 50.1 Å². The molecule has 1 saturated carbocycles. The Morgan fingerprint density at radius 1 is 1.32 bits per heavy atom. The zero-order valence-electron chi connectivity index (χ0n) is 12.3. The lowest BCUT2D eigenvalue weighted by Crippen LogP contribution is -2.43. The third-order valence-corrected chi connectivity index (χ3v) is 4.29. The van der Waals surface area contributed by atoms with Crippen LogP contribution in [0.1, 0.15) is 36.8 Å². The molecule has 1 aliphatic rings. The van der Waals surface area contributed by atoms with Crippen LogP contribution in [0.4, 0.5) is 5.69 Å². The predicted octanol–water partition coefficient (Wildman–Crippen LogP) is 2.45. The molecule has 3 heteroatoms. The largest absolute Gasteiger partial charge is 0.391 e. The first-order valence-corrected chi connectivity index (χ1v) is 7.28. The van der Waals surface area contributed by atoms with Crippen LogP contribution < -0.4 is 10.2 Å². The van der Waals surface area contributed by atoms with Crippen molar-refractivity contribution in [2.75, 3.05) is 19.0 Å². The van der Waals surface area contributed by atoms with Crippen molar-refractivity contribution in [2.45, 2.75) is 51.3 Å². The van der Waals surface area contributed by atoms with Crippen molar-refractivity contribution in [3.8, 4) is 0 Å². The molecule has 0 bridgehead atoms. The third kappa shape index (κ3) is 3.28. The smallest absolute Gasteiger partial charge is 0.0743 e. The molecule has 19 heavy (non-hydrogen) atoms. The molecular formula is C16H26N2O. The van der Waals surface area contributed by atoms with E-state index in [0.29, 0.717) is 0 Å². The van der Waals surface area contributed by atoms with Gasteiger partial charge >= 0.3 is 0 Å². The summed E-state index contributed by atoms with van der Waals surface area (Å²) in [6, 6.07) is 6.85. The van der Waals surface area contributed by atoms with Gasteiger partial charge in [0.1, 0.15) is 0 Å². The number of nitrogens with one attached hydrogen (secondary N) is 1. The number of likely N-dealkylation sites (N-methyl/N-ethyl adjacent to an activating group) is 1. The summed E-state index contributed by atoms with van der Waals surface area (Å²) >= 11 is 0. The molecule has 0 amide bonds. The molecule has 1 fully saturated rings. The Morgan fingerprint density at radius 2 is 2.05 bits per heavy atom. The summed E-state index contributed by atoms with van der Waals surface area (Å²) in [7, 11) is 4.07. The average molecular weight is 262 g/mol. The first-order chi connectivity index (χ1) is 9.13.